The average Bonchev–Trinajstić information content (AvgIpc) is 1.86. The van der Waals surface area contributed by atoms with Crippen molar-refractivity contribution < 1.29 is 14.7 Å². The molecular formula is C6H10BNO3. The molecule has 2 radical (unpaired) electrons. The number of amides is 1. The fraction of sp³-hybridized carbons (Fsp3) is 0.667. The van der Waals surface area contributed by atoms with Gasteiger partial charge >= 0.3 is 0 Å². The SMILES string of the molecule is [B]C(=O)NC(CCO)C(C)=O. The Morgan fingerprint density at radius 3 is 2.45 bits per heavy atom. The molecule has 2 N–H and O–H groups in total. The maximum Gasteiger partial charge on any atom is 0.200 e. The smallest absolute Gasteiger partial charge is 0.200 e. The summed E-state index contributed by atoms with van der Waals surface area (Å²) in [5.41, 5.74) is 0. The fourth-order valence-electron chi connectivity index (χ4n) is 0.678. The molecule has 0 saturated carbocycles. The minimum Gasteiger partial charge on any atom is -0.396 e. The lowest BCUT2D eigenvalue weighted by Gasteiger charge is -2.12. The Morgan fingerprint density at radius 1 is 1.64 bits per heavy atom. The summed E-state index contributed by atoms with van der Waals surface area (Å²) >= 11 is 0. The number of nitrogens with one attached hydrogen (secondary N) is 1. The van der Waals surface area contributed by atoms with Crippen molar-refractivity contribution in [2.75, 3.05) is 6.61 Å². The van der Waals surface area contributed by atoms with E-state index in [-0.39, 0.29) is 18.8 Å². The van der Waals surface area contributed by atoms with E-state index in [1.807, 2.05) is 0 Å². The van der Waals surface area contributed by atoms with Crippen LogP contribution < -0.4 is 5.32 Å². The van der Waals surface area contributed by atoms with Crippen LogP contribution in [0.15, 0.2) is 0 Å². The van der Waals surface area contributed by atoms with Crippen LogP contribution in [0, 0.1) is 0 Å². The molecule has 0 aromatic heterocycles. The molecule has 1 atom stereocenters. The molecule has 0 spiro atoms. The number of ketones is 1. The normalized spacial score (nSPS) is 12.2. The largest absolute Gasteiger partial charge is 0.396 e. The minimum absolute atomic E-state index is 0.148. The highest BCUT2D eigenvalue weighted by atomic mass is 16.3. The van der Waals surface area contributed by atoms with Gasteiger partial charge in [0, 0.05) is 6.61 Å². The zero-order valence-electron chi connectivity index (χ0n) is 6.33. The second kappa shape index (κ2) is 4.90. The van der Waals surface area contributed by atoms with Crippen LogP contribution in [-0.2, 0) is 4.79 Å². The molecule has 0 fully saturated rings. The van der Waals surface area contributed by atoms with Crippen LogP contribution in [-0.4, -0.2) is 37.2 Å². The summed E-state index contributed by atoms with van der Waals surface area (Å²) in [5, 5.41) is 10.7. The molecule has 0 aliphatic carbocycles. The van der Waals surface area contributed by atoms with Crippen LogP contribution in [0.5, 0.6) is 0 Å². The van der Waals surface area contributed by atoms with Gasteiger partial charge in [0.05, 0.1) is 6.04 Å². The Labute approximate surface area is 66.4 Å². The van der Waals surface area contributed by atoms with Crippen LogP contribution in [0.4, 0.5) is 4.79 Å². The number of carbonyl (C=O) groups is 2. The van der Waals surface area contributed by atoms with Crippen LogP contribution in [0.2, 0.25) is 0 Å². The molecule has 5 heteroatoms. The predicted octanol–water partition coefficient (Wildman–Crippen LogP) is -0.796. The van der Waals surface area contributed by atoms with Gasteiger partial charge in [-0.2, -0.15) is 0 Å². The first-order chi connectivity index (χ1) is 5.07. The molecule has 0 rings (SSSR count). The van der Waals surface area contributed by atoms with Crippen LogP contribution in [0.1, 0.15) is 13.3 Å². The number of aliphatic hydroxyl groups excluding tert-OH is 1. The lowest BCUT2D eigenvalue weighted by Crippen LogP contribution is -2.39. The van der Waals surface area contributed by atoms with E-state index in [9.17, 15) is 9.59 Å². The predicted molar refractivity (Wildman–Crippen MR) is 40.5 cm³/mol. The summed E-state index contributed by atoms with van der Waals surface area (Å²) in [6, 6.07) is -0.655. The van der Waals surface area contributed by atoms with Crippen molar-refractivity contribution in [2.24, 2.45) is 0 Å². The number of carbonyl (C=O) groups excluding carboxylic acids is 2. The summed E-state index contributed by atoms with van der Waals surface area (Å²) in [7, 11) is 4.78. The van der Waals surface area contributed by atoms with E-state index in [0.29, 0.717) is 0 Å². The Bertz CT molecular complexity index is 160. The van der Waals surface area contributed by atoms with Crippen LogP contribution >= 0.6 is 0 Å². The first-order valence-electron chi connectivity index (χ1n) is 3.25. The zero-order valence-corrected chi connectivity index (χ0v) is 6.33. The average molecular weight is 155 g/mol. The Balaban J connectivity index is 3.89. The van der Waals surface area contributed by atoms with Gasteiger partial charge in [-0.3, -0.25) is 9.59 Å². The van der Waals surface area contributed by atoms with Crippen molar-refractivity contribution in [1.82, 2.24) is 5.32 Å². The van der Waals surface area contributed by atoms with Gasteiger partial charge in [0.25, 0.3) is 0 Å². The number of hydrogen-bond acceptors (Lipinski definition) is 3. The highest BCUT2D eigenvalue weighted by Crippen LogP contribution is 1.91. The number of rotatable bonds is 4. The van der Waals surface area contributed by atoms with Crippen LogP contribution in [0.25, 0.3) is 0 Å². The van der Waals surface area contributed by atoms with Gasteiger partial charge < -0.3 is 10.4 Å². The van der Waals surface area contributed by atoms with E-state index in [4.69, 9.17) is 13.0 Å². The summed E-state index contributed by atoms with van der Waals surface area (Å²) < 4.78 is 0. The van der Waals surface area contributed by atoms with Crippen molar-refractivity contribution >= 4 is 19.4 Å². The molecule has 0 heterocycles. The Hall–Kier alpha value is -0.835. The summed E-state index contributed by atoms with van der Waals surface area (Å²) in [4.78, 5) is 21.0. The van der Waals surface area contributed by atoms with E-state index >= 15 is 0 Å². The monoisotopic (exact) mass is 155 g/mol. The fourth-order valence-corrected chi connectivity index (χ4v) is 0.678. The second-order valence-electron chi connectivity index (χ2n) is 2.18. The van der Waals surface area contributed by atoms with Crippen molar-refractivity contribution in [1.29, 1.82) is 0 Å². The van der Waals surface area contributed by atoms with E-state index in [1.165, 1.54) is 6.92 Å². The van der Waals surface area contributed by atoms with E-state index in [2.05, 4.69) is 5.32 Å². The van der Waals surface area contributed by atoms with Crippen molar-refractivity contribution in [2.45, 2.75) is 19.4 Å². The second-order valence-corrected chi connectivity index (χ2v) is 2.18. The number of hydrogen-bond donors (Lipinski definition) is 2. The maximum absolute atomic E-state index is 10.7. The molecule has 0 aliphatic rings. The lowest BCUT2D eigenvalue weighted by atomic mass is 10.1. The zero-order chi connectivity index (χ0) is 8.85. The van der Waals surface area contributed by atoms with Gasteiger partial charge in [-0.05, 0) is 13.3 Å². The van der Waals surface area contributed by atoms with E-state index in [1.54, 1.807) is 0 Å². The summed E-state index contributed by atoms with van der Waals surface area (Å²) in [6.45, 7) is 1.18. The molecular weight excluding hydrogens is 145 g/mol. The lowest BCUT2D eigenvalue weighted by molar-refractivity contribution is -0.119. The maximum atomic E-state index is 10.7. The van der Waals surface area contributed by atoms with Gasteiger partial charge in [-0.1, -0.05) is 0 Å². The quantitative estimate of drug-likeness (QED) is 0.522. The standard InChI is InChI=1S/C6H10BNO3/c1-4(10)5(2-3-9)8-6(7)11/h5,9H,2-3H2,1H3,(H,8,11). The minimum atomic E-state index is -0.751. The van der Waals surface area contributed by atoms with Gasteiger partial charge in [-0.15, -0.1) is 0 Å². The molecule has 1 unspecified atom stereocenters. The first kappa shape index (κ1) is 10.2. The van der Waals surface area contributed by atoms with E-state index < -0.39 is 11.8 Å². The highest BCUT2D eigenvalue weighted by Gasteiger charge is 2.12. The number of Topliss-reactive ketones (excluding diaryl/α,β-unsaturated/α-hetero) is 1. The topological polar surface area (TPSA) is 66.4 Å². The van der Waals surface area contributed by atoms with Crippen molar-refractivity contribution in [3.8, 4) is 0 Å². The summed E-state index contributed by atoms with van der Waals surface area (Å²) in [6.07, 6.45) is 0.207. The molecule has 0 aromatic carbocycles. The van der Waals surface area contributed by atoms with Gasteiger partial charge in [0.1, 0.15) is 0 Å². The van der Waals surface area contributed by atoms with Gasteiger partial charge in [0.2, 0.25) is 7.85 Å². The summed E-state index contributed by atoms with van der Waals surface area (Å²) in [5.74, 6) is -0.962. The molecule has 1 amide bonds. The molecule has 0 bridgehead atoms. The first-order valence-corrected chi connectivity index (χ1v) is 3.25. The van der Waals surface area contributed by atoms with Gasteiger partial charge in [-0.25, -0.2) is 0 Å². The molecule has 0 aliphatic heterocycles. The third-order valence-electron chi connectivity index (χ3n) is 1.22. The Kier molecular flexibility index (Phi) is 4.53. The van der Waals surface area contributed by atoms with Crippen LogP contribution in [0.3, 0.4) is 0 Å². The molecule has 0 saturated heterocycles. The van der Waals surface area contributed by atoms with Crippen molar-refractivity contribution in [3.63, 3.8) is 0 Å². The third kappa shape index (κ3) is 4.55. The Morgan fingerprint density at radius 2 is 2.18 bits per heavy atom. The molecule has 4 nitrogen and oxygen atoms in total. The third-order valence-corrected chi connectivity index (χ3v) is 1.22. The molecule has 0 aromatic rings. The molecule has 11 heavy (non-hydrogen) atoms. The van der Waals surface area contributed by atoms with Crippen molar-refractivity contribution in [3.05, 3.63) is 0 Å². The molecule has 60 valence electrons. The highest BCUT2D eigenvalue weighted by molar-refractivity contribution is 6.57. The van der Waals surface area contributed by atoms with Gasteiger partial charge in [0.15, 0.2) is 11.6 Å². The van der Waals surface area contributed by atoms with E-state index in [0.717, 1.165) is 0 Å². The number of aliphatic hydroxyl groups is 1.